The van der Waals surface area contributed by atoms with Gasteiger partial charge in [0.2, 0.25) is 5.91 Å². The molecule has 1 N–H and O–H groups in total. The van der Waals surface area contributed by atoms with Gasteiger partial charge in [0.1, 0.15) is 5.78 Å². The quantitative estimate of drug-likeness (QED) is 0.650. The number of carbonyl (C=O) groups is 2. The molecule has 0 aromatic heterocycles. The summed E-state index contributed by atoms with van der Waals surface area (Å²) in [5.74, 6) is 0.678. The molecule has 1 saturated carbocycles. The molecule has 33 heavy (non-hydrogen) atoms. The first-order valence-electron chi connectivity index (χ1n) is 13.4. The number of likely N-dealkylation sites (N-methyl/N-ethyl adjacent to an activating group) is 1. The molecule has 3 aliphatic rings. The maximum absolute atomic E-state index is 13.9. The van der Waals surface area contributed by atoms with E-state index in [0.29, 0.717) is 18.4 Å². The Morgan fingerprint density at radius 3 is 2.27 bits per heavy atom. The topological polar surface area (TPSA) is 52.7 Å². The van der Waals surface area contributed by atoms with E-state index in [2.05, 4.69) is 39.4 Å². The van der Waals surface area contributed by atoms with E-state index in [1.54, 1.807) is 0 Å². The lowest BCUT2D eigenvalue weighted by atomic mass is 9.76. The molecule has 0 unspecified atom stereocenters. The Bertz CT molecular complexity index is 777. The molecule has 2 fully saturated rings. The predicted molar refractivity (Wildman–Crippen MR) is 133 cm³/mol. The van der Waals surface area contributed by atoms with E-state index in [4.69, 9.17) is 0 Å². The number of ketones is 1. The van der Waals surface area contributed by atoms with Crippen molar-refractivity contribution in [2.75, 3.05) is 33.2 Å². The maximum Gasteiger partial charge on any atom is 0.226 e. The van der Waals surface area contributed by atoms with Crippen LogP contribution in [0.25, 0.3) is 0 Å². The Morgan fingerprint density at radius 1 is 0.970 bits per heavy atom. The van der Waals surface area contributed by atoms with Gasteiger partial charge in [-0.1, -0.05) is 43.5 Å². The van der Waals surface area contributed by atoms with Crippen molar-refractivity contribution in [2.45, 2.75) is 83.2 Å². The van der Waals surface area contributed by atoms with Crippen molar-refractivity contribution in [1.29, 1.82) is 0 Å². The van der Waals surface area contributed by atoms with Gasteiger partial charge in [0.05, 0.1) is 6.04 Å². The van der Waals surface area contributed by atoms with Crippen LogP contribution in [0.2, 0.25) is 0 Å². The monoisotopic (exact) mass is 453 g/mol. The molecular formula is C28H43N3O2. The summed E-state index contributed by atoms with van der Waals surface area (Å²) in [7, 11) is 1.83. The molecule has 2 heterocycles. The van der Waals surface area contributed by atoms with Crippen LogP contribution in [-0.2, 0) is 22.4 Å². The average molecular weight is 454 g/mol. The molecule has 0 spiro atoms. The lowest BCUT2D eigenvalue weighted by molar-refractivity contribution is -0.142. The summed E-state index contributed by atoms with van der Waals surface area (Å²) in [5, 5.41) is 3.08. The van der Waals surface area contributed by atoms with E-state index < -0.39 is 0 Å². The van der Waals surface area contributed by atoms with Crippen LogP contribution in [0.4, 0.5) is 0 Å². The van der Waals surface area contributed by atoms with Gasteiger partial charge in [0, 0.05) is 44.6 Å². The Kier molecular flexibility index (Phi) is 8.59. The summed E-state index contributed by atoms with van der Waals surface area (Å²) >= 11 is 0. The van der Waals surface area contributed by atoms with Gasteiger partial charge in [-0.15, -0.1) is 0 Å². The minimum Gasteiger partial charge on any atom is -0.338 e. The summed E-state index contributed by atoms with van der Waals surface area (Å²) in [5.41, 5.74) is 2.96. The summed E-state index contributed by atoms with van der Waals surface area (Å²) in [6.07, 6.45) is 10.6. The summed E-state index contributed by atoms with van der Waals surface area (Å²) in [6.45, 7) is 5.88. The first-order chi connectivity index (χ1) is 16.1. The molecule has 4 rings (SSSR count). The van der Waals surface area contributed by atoms with Crippen molar-refractivity contribution in [1.82, 2.24) is 15.1 Å². The van der Waals surface area contributed by atoms with Gasteiger partial charge in [0.25, 0.3) is 0 Å². The lowest BCUT2D eigenvalue weighted by Crippen LogP contribution is -2.48. The second-order valence-electron chi connectivity index (χ2n) is 10.6. The Morgan fingerprint density at radius 2 is 1.64 bits per heavy atom. The normalized spacial score (nSPS) is 24.2. The standard InChI is InChI=1S/C28H43N3O2/c1-21(29-2)27(32)19-26(24-11-4-3-5-12-24)28(33)31-16-8-13-25(31)20-30-17-14-22-9-6-7-10-23(22)15-18-30/h6-7,9-10,21,24-26,29H,3-5,8,11-20H2,1-2H3/t21-,25-,26-/m0/s1. The molecule has 1 saturated heterocycles. The van der Waals surface area contributed by atoms with Crippen LogP contribution in [0.1, 0.15) is 69.4 Å². The van der Waals surface area contributed by atoms with E-state index in [0.717, 1.165) is 64.7 Å². The zero-order chi connectivity index (χ0) is 23.2. The van der Waals surface area contributed by atoms with Gasteiger partial charge in [-0.2, -0.15) is 0 Å². The fourth-order valence-electron chi connectivity index (χ4n) is 6.27. The predicted octanol–water partition coefficient (Wildman–Crippen LogP) is 3.84. The zero-order valence-corrected chi connectivity index (χ0v) is 20.7. The summed E-state index contributed by atoms with van der Waals surface area (Å²) in [6, 6.07) is 8.93. The molecule has 3 atom stereocenters. The number of likely N-dealkylation sites (tertiary alicyclic amines) is 1. The van der Waals surface area contributed by atoms with Crippen LogP contribution in [0.5, 0.6) is 0 Å². The second-order valence-corrected chi connectivity index (χ2v) is 10.6. The molecule has 182 valence electrons. The van der Waals surface area contributed by atoms with Gasteiger partial charge in [-0.05, 0) is 69.5 Å². The van der Waals surface area contributed by atoms with Crippen LogP contribution in [0, 0.1) is 11.8 Å². The Balaban J connectivity index is 1.42. The van der Waals surface area contributed by atoms with Crippen LogP contribution in [0.3, 0.4) is 0 Å². The van der Waals surface area contributed by atoms with Gasteiger partial charge in [-0.3, -0.25) is 9.59 Å². The van der Waals surface area contributed by atoms with Gasteiger partial charge >= 0.3 is 0 Å². The van der Waals surface area contributed by atoms with E-state index in [1.165, 1.54) is 30.4 Å². The maximum atomic E-state index is 13.9. The van der Waals surface area contributed by atoms with Gasteiger partial charge in [0.15, 0.2) is 0 Å². The fraction of sp³-hybridized carbons (Fsp3) is 0.714. The van der Waals surface area contributed by atoms with E-state index >= 15 is 0 Å². The smallest absolute Gasteiger partial charge is 0.226 e. The highest BCUT2D eigenvalue weighted by atomic mass is 16.2. The number of nitrogens with one attached hydrogen (secondary N) is 1. The number of nitrogens with zero attached hydrogens (tertiary/aromatic N) is 2. The van der Waals surface area contributed by atoms with Crippen molar-refractivity contribution >= 4 is 11.7 Å². The number of amides is 1. The number of rotatable bonds is 8. The fourth-order valence-corrected chi connectivity index (χ4v) is 6.27. The molecule has 5 heteroatoms. The van der Waals surface area contributed by atoms with Crippen LogP contribution in [-0.4, -0.2) is 66.8 Å². The van der Waals surface area contributed by atoms with Gasteiger partial charge < -0.3 is 15.1 Å². The number of hydrogen-bond donors (Lipinski definition) is 1. The molecule has 2 aliphatic heterocycles. The summed E-state index contributed by atoms with van der Waals surface area (Å²) in [4.78, 5) is 31.5. The third-order valence-electron chi connectivity index (χ3n) is 8.52. The number of benzene rings is 1. The van der Waals surface area contributed by atoms with Crippen molar-refractivity contribution in [2.24, 2.45) is 11.8 Å². The number of hydrogen-bond acceptors (Lipinski definition) is 4. The number of Topliss-reactive ketones (excluding diaryl/α,β-unsaturated/α-hetero) is 1. The van der Waals surface area contributed by atoms with Crippen molar-refractivity contribution in [3.63, 3.8) is 0 Å². The van der Waals surface area contributed by atoms with Crippen LogP contribution < -0.4 is 5.32 Å². The molecule has 0 radical (unpaired) electrons. The Labute approximate surface area is 200 Å². The van der Waals surface area contributed by atoms with Crippen molar-refractivity contribution in [3.8, 4) is 0 Å². The van der Waals surface area contributed by atoms with E-state index in [1.807, 2.05) is 14.0 Å². The minimum absolute atomic E-state index is 0.136. The molecule has 1 aliphatic carbocycles. The van der Waals surface area contributed by atoms with Crippen LogP contribution in [0.15, 0.2) is 24.3 Å². The Hall–Kier alpha value is -1.72. The minimum atomic E-state index is -0.183. The average Bonchev–Trinajstić information content (AvgIpc) is 3.22. The van der Waals surface area contributed by atoms with Crippen molar-refractivity contribution < 1.29 is 9.59 Å². The first kappa shape index (κ1) is 24.4. The first-order valence-corrected chi connectivity index (χ1v) is 13.4. The highest BCUT2D eigenvalue weighted by Gasteiger charge is 2.39. The zero-order valence-electron chi connectivity index (χ0n) is 20.7. The molecule has 1 aromatic rings. The van der Waals surface area contributed by atoms with E-state index in [9.17, 15) is 9.59 Å². The summed E-state index contributed by atoms with van der Waals surface area (Å²) < 4.78 is 0. The third kappa shape index (κ3) is 6.05. The largest absolute Gasteiger partial charge is 0.338 e. The molecular weight excluding hydrogens is 410 g/mol. The second kappa shape index (κ2) is 11.6. The molecule has 1 amide bonds. The molecule has 1 aromatic carbocycles. The molecule has 5 nitrogen and oxygen atoms in total. The van der Waals surface area contributed by atoms with Crippen molar-refractivity contribution in [3.05, 3.63) is 35.4 Å². The molecule has 0 bridgehead atoms. The lowest BCUT2D eigenvalue weighted by Gasteiger charge is -2.36. The third-order valence-corrected chi connectivity index (χ3v) is 8.52. The number of carbonyl (C=O) groups excluding carboxylic acids is 2. The van der Waals surface area contributed by atoms with Gasteiger partial charge in [-0.25, -0.2) is 0 Å². The highest BCUT2D eigenvalue weighted by Crippen LogP contribution is 2.35. The highest BCUT2D eigenvalue weighted by molar-refractivity contribution is 5.90. The number of fused-ring (bicyclic) bond motifs is 1. The van der Waals surface area contributed by atoms with Crippen LogP contribution >= 0.6 is 0 Å². The van der Waals surface area contributed by atoms with E-state index in [-0.39, 0.29) is 23.7 Å². The SMILES string of the molecule is CN[C@@H](C)C(=O)C[C@H](C(=O)N1CCC[C@H]1CN1CCc2ccccc2CC1)C1CCCCC1.